The molecular weight excluding hydrogens is 360 g/mol. The number of nitrogens with zero attached hydrogens (tertiary/aromatic N) is 3. The van der Waals surface area contributed by atoms with E-state index in [1.54, 1.807) is 50.4 Å². The fraction of sp³-hybridized carbons (Fsp3) is 0.235. The number of nitrogens with one attached hydrogen (secondary N) is 1. The molecule has 26 heavy (non-hydrogen) atoms. The maximum Gasteiger partial charge on any atom is 0.267 e. The van der Waals surface area contributed by atoms with Gasteiger partial charge in [-0.3, -0.25) is 4.79 Å². The monoisotopic (exact) mass is 376 g/mol. The van der Waals surface area contributed by atoms with Crippen LogP contribution in [0, 0.1) is 0 Å². The number of anilines is 1. The Morgan fingerprint density at radius 3 is 2.65 bits per heavy atom. The maximum absolute atomic E-state index is 12.4. The normalized spacial score (nSPS) is 11.8. The number of aromatic nitrogens is 3. The van der Waals surface area contributed by atoms with Crippen LogP contribution < -0.4 is 19.6 Å². The third-order valence-electron chi connectivity index (χ3n) is 3.66. The van der Waals surface area contributed by atoms with Gasteiger partial charge in [0.1, 0.15) is 11.0 Å². The largest absolute Gasteiger partial charge is 0.493 e. The van der Waals surface area contributed by atoms with Crippen LogP contribution in [-0.2, 0) is 4.79 Å². The number of carbonyl (C=O) groups excluding carboxylic acids is 1. The van der Waals surface area contributed by atoms with E-state index in [0.717, 1.165) is 0 Å². The van der Waals surface area contributed by atoms with Crippen LogP contribution in [0.4, 0.5) is 5.69 Å². The second-order valence-corrected chi connectivity index (χ2v) is 5.84. The van der Waals surface area contributed by atoms with Gasteiger partial charge in [-0.15, -0.1) is 5.10 Å². The van der Waals surface area contributed by atoms with Crippen LogP contribution in [0.5, 0.6) is 11.5 Å². The smallest absolute Gasteiger partial charge is 0.267 e. The van der Waals surface area contributed by atoms with Crippen molar-refractivity contribution in [1.29, 1.82) is 0 Å². The zero-order valence-corrected chi connectivity index (χ0v) is 15.1. The summed E-state index contributed by atoms with van der Waals surface area (Å²) in [5.41, 5.74) is 1.74. The van der Waals surface area contributed by atoms with E-state index in [0.29, 0.717) is 33.2 Å². The zero-order valence-electron chi connectivity index (χ0n) is 14.4. The molecule has 9 heteroatoms. The number of amides is 1. The van der Waals surface area contributed by atoms with E-state index in [1.165, 1.54) is 12.0 Å². The van der Waals surface area contributed by atoms with Crippen molar-refractivity contribution in [3.05, 3.63) is 41.4 Å². The third-order valence-corrected chi connectivity index (χ3v) is 3.89. The lowest BCUT2D eigenvalue weighted by Crippen LogP contribution is -2.35. The molecule has 8 nitrogen and oxygen atoms in total. The van der Waals surface area contributed by atoms with E-state index in [9.17, 15) is 4.79 Å². The SMILES string of the molecule is COc1ccc(NC(=O)[C@H](C)On2nnc3ccc(Cl)cc32)cc1OC. The molecule has 3 rings (SSSR count). The summed E-state index contributed by atoms with van der Waals surface area (Å²) < 4.78 is 10.4. The number of halogens is 1. The standard InChI is InChI=1S/C17H17ClN4O4/c1-10(26-22-14-8-11(18)4-6-13(14)20-21-22)17(23)19-12-5-7-15(24-2)16(9-12)25-3/h4-10H,1-3H3,(H,19,23)/t10-/m0/s1. The summed E-state index contributed by atoms with van der Waals surface area (Å²) >= 11 is 5.98. The van der Waals surface area contributed by atoms with Gasteiger partial charge in [-0.25, -0.2) is 0 Å². The van der Waals surface area contributed by atoms with E-state index in [2.05, 4.69) is 15.6 Å². The number of ether oxygens (including phenoxy) is 2. The first-order valence-electron chi connectivity index (χ1n) is 7.73. The Balaban J connectivity index is 1.72. The second-order valence-electron chi connectivity index (χ2n) is 5.40. The molecule has 1 N–H and O–H groups in total. The van der Waals surface area contributed by atoms with Crippen LogP contribution in [0.2, 0.25) is 5.02 Å². The fourth-order valence-electron chi connectivity index (χ4n) is 2.30. The average molecular weight is 377 g/mol. The molecule has 0 saturated heterocycles. The number of fused-ring (bicyclic) bond motifs is 1. The highest BCUT2D eigenvalue weighted by Crippen LogP contribution is 2.29. The molecule has 0 aliphatic heterocycles. The van der Waals surface area contributed by atoms with Crippen LogP contribution >= 0.6 is 11.6 Å². The predicted octanol–water partition coefficient (Wildman–Crippen LogP) is 2.56. The summed E-state index contributed by atoms with van der Waals surface area (Å²) in [5.74, 6) is 0.722. The lowest BCUT2D eigenvalue weighted by atomic mass is 10.2. The van der Waals surface area contributed by atoms with Crippen molar-refractivity contribution in [3.8, 4) is 11.5 Å². The highest BCUT2D eigenvalue weighted by molar-refractivity contribution is 6.31. The van der Waals surface area contributed by atoms with Gasteiger partial charge in [-0.05, 0) is 42.5 Å². The van der Waals surface area contributed by atoms with Gasteiger partial charge >= 0.3 is 0 Å². The molecule has 1 atom stereocenters. The molecule has 0 aliphatic rings. The maximum atomic E-state index is 12.4. The molecule has 1 aromatic heterocycles. The molecule has 3 aromatic rings. The van der Waals surface area contributed by atoms with E-state index >= 15 is 0 Å². The molecular formula is C17H17ClN4O4. The minimum absolute atomic E-state index is 0.358. The fourth-order valence-corrected chi connectivity index (χ4v) is 2.47. The molecule has 0 spiro atoms. The molecule has 1 heterocycles. The molecule has 0 bridgehead atoms. The summed E-state index contributed by atoms with van der Waals surface area (Å²) in [6, 6.07) is 10.2. The van der Waals surface area contributed by atoms with E-state index < -0.39 is 6.10 Å². The van der Waals surface area contributed by atoms with Crippen LogP contribution in [-0.4, -0.2) is 41.4 Å². The summed E-state index contributed by atoms with van der Waals surface area (Å²) in [6.07, 6.45) is -0.827. The molecule has 0 aliphatic carbocycles. The Kier molecular flexibility index (Phi) is 5.13. The molecule has 2 aromatic carbocycles. The topological polar surface area (TPSA) is 87.5 Å². The Morgan fingerprint density at radius 1 is 1.15 bits per heavy atom. The van der Waals surface area contributed by atoms with Gasteiger partial charge in [-0.1, -0.05) is 16.4 Å². The van der Waals surface area contributed by atoms with Crippen molar-refractivity contribution in [1.82, 2.24) is 15.2 Å². The number of benzene rings is 2. The zero-order chi connectivity index (χ0) is 18.7. The van der Waals surface area contributed by atoms with Gasteiger partial charge in [-0.2, -0.15) is 0 Å². The lowest BCUT2D eigenvalue weighted by Gasteiger charge is -2.15. The molecule has 136 valence electrons. The minimum Gasteiger partial charge on any atom is -0.493 e. The number of methoxy groups -OCH3 is 2. The quantitative estimate of drug-likeness (QED) is 0.711. The van der Waals surface area contributed by atoms with Crippen LogP contribution in [0.15, 0.2) is 36.4 Å². The van der Waals surface area contributed by atoms with Crippen molar-refractivity contribution < 1.29 is 19.1 Å². The third kappa shape index (κ3) is 3.65. The van der Waals surface area contributed by atoms with E-state index in [-0.39, 0.29) is 5.91 Å². The molecule has 1 amide bonds. The summed E-state index contributed by atoms with van der Waals surface area (Å²) in [6.45, 7) is 1.61. The van der Waals surface area contributed by atoms with Crippen molar-refractivity contribution in [3.63, 3.8) is 0 Å². The number of hydrogen-bond donors (Lipinski definition) is 1. The van der Waals surface area contributed by atoms with Crippen molar-refractivity contribution in [2.45, 2.75) is 13.0 Å². The molecule has 0 fully saturated rings. The Labute approximate surface area is 154 Å². The van der Waals surface area contributed by atoms with Gasteiger partial charge in [0.2, 0.25) is 6.10 Å². The first kappa shape index (κ1) is 17.8. The summed E-state index contributed by atoms with van der Waals surface area (Å²) in [5, 5.41) is 11.1. The van der Waals surface area contributed by atoms with Crippen molar-refractivity contribution in [2.24, 2.45) is 0 Å². The Hall–Kier alpha value is -3.00. The number of rotatable bonds is 6. The Bertz CT molecular complexity index is 944. The van der Waals surface area contributed by atoms with E-state index in [4.69, 9.17) is 25.9 Å². The summed E-state index contributed by atoms with van der Waals surface area (Å²) in [4.78, 5) is 19.2. The van der Waals surface area contributed by atoms with Crippen LogP contribution in [0.25, 0.3) is 11.0 Å². The average Bonchev–Trinajstić information content (AvgIpc) is 3.03. The van der Waals surface area contributed by atoms with Gasteiger partial charge in [0.15, 0.2) is 11.5 Å². The minimum atomic E-state index is -0.827. The molecule has 0 saturated carbocycles. The first-order valence-corrected chi connectivity index (χ1v) is 8.10. The number of carbonyl (C=O) groups is 1. The molecule has 0 radical (unpaired) electrons. The van der Waals surface area contributed by atoms with E-state index in [1.807, 2.05) is 0 Å². The van der Waals surface area contributed by atoms with Gasteiger partial charge in [0, 0.05) is 16.8 Å². The summed E-state index contributed by atoms with van der Waals surface area (Å²) in [7, 11) is 3.07. The van der Waals surface area contributed by atoms with Gasteiger partial charge < -0.3 is 19.6 Å². The van der Waals surface area contributed by atoms with Crippen molar-refractivity contribution >= 4 is 34.2 Å². The lowest BCUT2D eigenvalue weighted by molar-refractivity contribution is -0.127. The Morgan fingerprint density at radius 2 is 1.92 bits per heavy atom. The molecule has 0 unspecified atom stereocenters. The van der Waals surface area contributed by atoms with Gasteiger partial charge in [0.25, 0.3) is 5.91 Å². The predicted molar refractivity (Wildman–Crippen MR) is 96.8 cm³/mol. The second kappa shape index (κ2) is 7.49. The van der Waals surface area contributed by atoms with Gasteiger partial charge in [0.05, 0.1) is 14.2 Å². The van der Waals surface area contributed by atoms with Crippen LogP contribution in [0.3, 0.4) is 0 Å². The van der Waals surface area contributed by atoms with Crippen molar-refractivity contribution in [2.75, 3.05) is 19.5 Å². The van der Waals surface area contributed by atoms with Crippen LogP contribution in [0.1, 0.15) is 6.92 Å². The highest BCUT2D eigenvalue weighted by Gasteiger charge is 2.18. The highest BCUT2D eigenvalue weighted by atomic mass is 35.5. The number of hydrogen-bond acceptors (Lipinski definition) is 6. The first-order chi connectivity index (χ1) is 12.5.